The third-order valence-electron chi connectivity index (χ3n) is 2.30. The third-order valence-corrected chi connectivity index (χ3v) is 2.30. The van der Waals surface area contributed by atoms with E-state index in [4.69, 9.17) is 10.5 Å². The second-order valence-electron chi connectivity index (χ2n) is 2.91. The molecule has 0 amide bonds. The zero-order valence-electron chi connectivity index (χ0n) is 6.71. The maximum absolute atomic E-state index is 6.00. The molecule has 1 aliphatic rings. The Morgan fingerprint density at radius 1 is 1.10 bits per heavy atom. The van der Waals surface area contributed by atoms with Crippen LogP contribution in [0.1, 0.15) is 45.4 Å². The summed E-state index contributed by atoms with van der Waals surface area (Å²) >= 11 is 0. The van der Waals surface area contributed by atoms with Gasteiger partial charge in [-0.1, -0.05) is 45.4 Å². The Labute approximate surface area is 62.8 Å². The molecule has 1 saturated carbocycles. The molecule has 0 radical (unpaired) electrons. The van der Waals surface area contributed by atoms with Gasteiger partial charge < -0.3 is 0 Å². The monoisotopic (exact) mass is 146 g/mol. The average molecular weight is 146 g/mol. The van der Waals surface area contributed by atoms with Crippen molar-refractivity contribution in [3.05, 3.63) is 0 Å². The second kappa shape index (κ2) is 7.03. The van der Waals surface area contributed by atoms with Crippen molar-refractivity contribution in [2.75, 3.05) is 0 Å². The summed E-state index contributed by atoms with van der Waals surface area (Å²) in [4.78, 5) is 0. The molecule has 1 aliphatic carbocycles. The lowest BCUT2D eigenvalue weighted by molar-refractivity contribution is -0.176. The van der Waals surface area contributed by atoms with E-state index < -0.39 is 0 Å². The highest BCUT2D eigenvalue weighted by Crippen LogP contribution is 2.25. The highest BCUT2D eigenvalue weighted by Gasteiger charge is 2.09. The SMILES string of the molecule is CCC1CCCCC1.OO. The molecule has 0 aliphatic heterocycles. The molecule has 2 heteroatoms. The van der Waals surface area contributed by atoms with Crippen molar-refractivity contribution in [3.63, 3.8) is 0 Å². The summed E-state index contributed by atoms with van der Waals surface area (Å²) in [7, 11) is 0. The predicted octanol–water partition coefficient (Wildman–Crippen LogP) is 2.99. The number of rotatable bonds is 1. The molecule has 2 N–H and O–H groups in total. The quantitative estimate of drug-likeness (QED) is 0.441. The minimum atomic E-state index is 1.09. The van der Waals surface area contributed by atoms with Crippen LogP contribution in [0.25, 0.3) is 0 Å². The van der Waals surface area contributed by atoms with Crippen molar-refractivity contribution in [3.8, 4) is 0 Å². The van der Waals surface area contributed by atoms with Gasteiger partial charge in [-0.2, -0.15) is 0 Å². The minimum absolute atomic E-state index is 1.09. The Morgan fingerprint density at radius 3 is 1.90 bits per heavy atom. The van der Waals surface area contributed by atoms with Crippen LogP contribution < -0.4 is 0 Å². The molecule has 0 aromatic heterocycles. The van der Waals surface area contributed by atoms with Gasteiger partial charge in [-0.3, -0.25) is 10.5 Å². The van der Waals surface area contributed by atoms with Crippen LogP contribution in [0.2, 0.25) is 0 Å². The van der Waals surface area contributed by atoms with Crippen molar-refractivity contribution in [1.29, 1.82) is 0 Å². The molecular formula is C8H18O2. The normalized spacial score (nSPS) is 19.5. The van der Waals surface area contributed by atoms with Crippen molar-refractivity contribution in [1.82, 2.24) is 0 Å². The van der Waals surface area contributed by atoms with E-state index in [1.165, 1.54) is 38.5 Å². The Balaban J connectivity index is 0.000000371. The van der Waals surface area contributed by atoms with Crippen LogP contribution in [0.15, 0.2) is 0 Å². The molecule has 10 heavy (non-hydrogen) atoms. The summed E-state index contributed by atoms with van der Waals surface area (Å²) in [5.74, 6) is 1.09. The number of hydrogen-bond acceptors (Lipinski definition) is 2. The summed E-state index contributed by atoms with van der Waals surface area (Å²) in [6.07, 6.45) is 8.93. The first-order valence-electron chi connectivity index (χ1n) is 4.13. The Bertz CT molecular complexity index is 58.3. The van der Waals surface area contributed by atoms with E-state index in [2.05, 4.69) is 6.92 Å². The lowest BCUT2D eigenvalue weighted by Crippen LogP contribution is -2.03. The van der Waals surface area contributed by atoms with E-state index >= 15 is 0 Å². The molecule has 62 valence electrons. The Kier molecular flexibility index (Phi) is 6.98. The van der Waals surface area contributed by atoms with Crippen molar-refractivity contribution < 1.29 is 10.5 Å². The highest BCUT2D eigenvalue weighted by atomic mass is 17.0. The molecule has 0 unspecified atom stereocenters. The van der Waals surface area contributed by atoms with E-state index in [1.807, 2.05) is 0 Å². The first-order chi connectivity index (χ1) is 4.93. The minimum Gasteiger partial charge on any atom is -0.255 e. The van der Waals surface area contributed by atoms with Crippen molar-refractivity contribution in [2.24, 2.45) is 5.92 Å². The molecule has 0 spiro atoms. The maximum atomic E-state index is 6.00. The topological polar surface area (TPSA) is 40.5 Å². The van der Waals surface area contributed by atoms with Gasteiger partial charge in [0.1, 0.15) is 0 Å². The van der Waals surface area contributed by atoms with Gasteiger partial charge in [0.05, 0.1) is 0 Å². The average Bonchev–Trinajstić information content (AvgIpc) is 2.10. The van der Waals surface area contributed by atoms with Gasteiger partial charge in [-0.25, -0.2) is 0 Å². The van der Waals surface area contributed by atoms with Gasteiger partial charge in [-0.15, -0.1) is 0 Å². The van der Waals surface area contributed by atoms with E-state index in [9.17, 15) is 0 Å². The standard InChI is InChI=1S/C8H16.H2O2/c1-2-8-6-4-3-5-7-8;1-2/h8H,2-7H2,1H3;1-2H. The van der Waals surface area contributed by atoms with Gasteiger partial charge in [0.2, 0.25) is 0 Å². The lowest BCUT2D eigenvalue weighted by Gasteiger charge is -2.18. The van der Waals surface area contributed by atoms with Crippen LogP contribution in [-0.2, 0) is 0 Å². The summed E-state index contributed by atoms with van der Waals surface area (Å²) < 4.78 is 0. The molecular weight excluding hydrogens is 128 g/mol. The molecule has 0 bridgehead atoms. The Hall–Kier alpha value is -0.0800. The summed E-state index contributed by atoms with van der Waals surface area (Å²) in [5.41, 5.74) is 0. The smallest absolute Gasteiger partial charge is 0.0417 e. The summed E-state index contributed by atoms with van der Waals surface area (Å²) in [6, 6.07) is 0. The van der Waals surface area contributed by atoms with E-state index in [0.717, 1.165) is 5.92 Å². The molecule has 0 aromatic rings. The van der Waals surface area contributed by atoms with Gasteiger partial charge >= 0.3 is 0 Å². The van der Waals surface area contributed by atoms with Gasteiger partial charge in [0.15, 0.2) is 0 Å². The van der Waals surface area contributed by atoms with Crippen LogP contribution in [0.3, 0.4) is 0 Å². The molecule has 0 aromatic carbocycles. The molecule has 1 fully saturated rings. The molecule has 0 saturated heterocycles. The second-order valence-corrected chi connectivity index (χ2v) is 2.91. The Morgan fingerprint density at radius 2 is 1.60 bits per heavy atom. The van der Waals surface area contributed by atoms with E-state index in [0.29, 0.717) is 0 Å². The van der Waals surface area contributed by atoms with E-state index in [1.54, 1.807) is 0 Å². The van der Waals surface area contributed by atoms with E-state index in [-0.39, 0.29) is 0 Å². The van der Waals surface area contributed by atoms with Crippen molar-refractivity contribution >= 4 is 0 Å². The summed E-state index contributed by atoms with van der Waals surface area (Å²) in [6.45, 7) is 2.32. The fourth-order valence-electron chi connectivity index (χ4n) is 1.60. The zero-order valence-corrected chi connectivity index (χ0v) is 6.71. The van der Waals surface area contributed by atoms with Crippen LogP contribution in [0, 0.1) is 5.92 Å². The molecule has 2 nitrogen and oxygen atoms in total. The van der Waals surface area contributed by atoms with Crippen LogP contribution in [-0.4, -0.2) is 10.5 Å². The lowest BCUT2D eigenvalue weighted by atomic mass is 9.88. The predicted molar refractivity (Wildman–Crippen MR) is 42.1 cm³/mol. The van der Waals surface area contributed by atoms with Crippen LogP contribution in [0.5, 0.6) is 0 Å². The summed E-state index contributed by atoms with van der Waals surface area (Å²) in [5, 5.41) is 12.0. The molecule has 1 rings (SSSR count). The van der Waals surface area contributed by atoms with Gasteiger partial charge in [-0.05, 0) is 5.92 Å². The zero-order chi connectivity index (χ0) is 7.82. The van der Waals surface area contributed by atoms with Crippen LogP contribution >= 0.6 is 0 Å². The number of hydrogen-bond donors (Lipinski definition) is 2. The highest BCUT2D eigenvalue weighted by molar-refractivity contribution is 4.63. The maximum Gasteiger partial charge on any atom is -0.0417 e. The first kappa shape index (κ1) is 9.92. The fraction of sp³-hybridized carbons (Fsp3) is 1.00. The van der Waals surface area contributed by atoms with Crippen LogP contribution in [0.4, 0.5) is 0 Å². The molecule has 0 heterocycles. The third kappa shape index (κ3) is 3.85. The van der Waals surface area contributed by atoms with Gasteiger partial charge in [0, 0.05) is 0 Å². The fourth-order valence-corrected chi connectivity index (χ4v) is 1.60. The first-order valence-corrected chi connectivity index (χ1v) is 4.13. The molecule has 0 atom stereocenters. The van der Waals surface area contributed by atoms with Gasteiger partial charge in [0.25, 0.3) is 0 Å². The largest absolute Gasteiger partial charge is 0.255 e. The van der Waals surface area contributed by atoms with Crippen molar-refractivity contribution in [2.45, 2.75) is 45.4 Å².